The van der Waals surface area contributed by atoms with Gasteiger partial charge in [-0.25, -0.2) is 8.78 Å². The Morgan fingerprint density at radius 1 is 1.23 bits per heavy atom. The van der Waals surface area contributed by atoms with E-state index >= 15 is 4.39 Å². The summed E-state index contributed by atoms with van der Waals surface area (Å²) in [5.41, 5.74) is 1.90. The molecule has 1 aliphatic heterocycles. The van der Waals surface area contributed by atoms with Crippen LogP contribution in [0, 0.1) is 24.1 Å². The number of aromatic nitrogens is 3. The number of allylic oxidation sites excluding steroid dienone is 1. The van der Waals surface area contributed by atoms with Gasteiger partial charge in [0.05, 0.1) is 31.0 Å². The first-order valence-electron chi connectivity index (χ1n) is 12.5. The lowest BCUT2D eigenvalue weighted by Gasteiger charge is -2.41. The Labute approximate surface area is 224 Å². The number of hydrogen-bond acceptors (Lipinski definition) is 7. The lowest BCUT2D eigenvalue weighted by molar-refractivity contribution is -0.128. The maximum Gasteiger partial charge on any atom is 0.318 e. The number of anilines is 1. The fraction of sp³-hybridized carbons (Fsp3) is 0.276. The molecule has 4 aromatic rings. The molecule has 0 N–H and O–H groups in total. The fourth-order valence-corrected chi connectivity index (χ4v) is 5.13. The van der Waals surface area contributed by atoms with Crippen molar-refractivity contribution in [2.45, 2.75) is 19.4 Å². The number of ether oxygens (including phenoxy) is 1. The number of aryl methyl sites for hydroxylation is 1. The van der Waals surface area contributed by atoms with Gasteiger partial charge in [0.1, 0.15) is 23.7 Å². The van der Waals surface area contributed by atoms with Crippen LogP contribution in [0.2, 0.25) is 0 Å². The molecule has 1 amide bonds. The van der Waals surface area contributed by atoms with E-state index < -0.39 is 18.5 Å². The number of benzene rings is 2. The minimum atomic E-state index is -0.750. The zero-order chi connectivity index (χ0) is 27.5. The number of piperazine rings is 1. The van der Waals surface area contributed by atoms with Crippen molar-refractivity contribution in [3.8, 4) is 23.3 Å². The molecule has 3 heterocycles. The largest absolute Gasteiger partial charge is 0.467 e. The van der Waals surface area contributed by atoms with E-state index in [1.54, 1.807) is 11.1 Å². The molecule has 0 bridgehead atoms. The van der Waals surface area contributed by atoms with Crippen LogP contribution in [-0.2, 0) is 4.79 Å². The van der Waals surface area contributed by atoms with E-state index in [-0.39, 0.29) is 42.6 Å². The van der Waals surface area contributed by atoms with E-state index in [0.29, 0.717) is 23.3 Å². The van der Waals surface area contributed by atoms with Crippen LogP contribution in [0.5, 0.6) is 6.01 Å². The van der Waals surface area contributed by atoms with E-state index in [9.17, 15) is 14.4 Å². The van der Waals surface area contributed by atoms with Crippen molar-refractivity contribution in [1.82, 2.24) is 19.9 Å². The van der Waals surface area contributed by atoms with Gasteiger partial charge < -0.3 is 14.5 Å². The monoisotopic (exact) mass is 528 g/mol. The van der Waals surface area contributed by atoms with Crippen molar-refractivity contribution in [3.05, 3.63) is 66.1 Å². The first-order valence-corrected chi connectivity index (χ1v) is 12.5. The van der Waals surface area contributed by atoms with Crippen LogP contribution in [0.15, 0.2) is 54.7 Å². The number of carbonyl (C=O) groups is 1. The van der Waals surface area contributed by atoms with E-state index in [1.165, 1.54) is 13.2 Å². The minimum absolute atomic E-state index is 0.0103. The molecule has 0 spiro atoms. The molecule has 0 unspecified atom stereocenters. The van der Waals surface area contributed by atoms with Gasteiger partial charge in [0.15, 0.2) is 5.82 Å². The van der Waals surface area contributed by atoms with Crippen molar-refractivity contribution in [2.75, 3.05) is 38.3 Å². The molecule has 8 nitrogen and oxygen atoms in total. The molecule has 1 fully saturated rings. The van der Waals surface area contributed by atoms with Gasteiger partial charge in [-0.3, -0.25) is 9.78 Å². The molecule has 0 aliphatic carbocycles. The number of nitriles is 1. The summed E-state index contributed by atoms with van der Waals surface area (Å²) >= 11 is 0. The highest BCUT2D eigenvalue weighted by Crippen LogP contribution is 2.36. The molecule has 39 heavy (non-hydrogen) atoms. The van der Waals surface area contributed by atoms with Crippen molar-refractivity contribution in [3.63, 3.8) is 0 Å². The second-order valence-electron chi connectivity index (χ2n) is 9.25. The van der Waals surface area contributed by atoms with Crippen LogP contribution in [0.25, 0.3) is 32.9 Å². The predicted octanol–water partition coefficient (Wildman–Crippen LogP) is 4.76. The van der Waals surface area contributed by atoms with Crippen LogP contribution in [0.1, 0.15) is 12.0 Å². The maximum absolute atomic E-state index is 16.2. The zero-order valence-electron chi connectivity index (χ0n) is 21.6. The van der Waals surface area contributed by atoms with Gasteiger partial charge >= 0.3 is 6.01 Å². The average molecular weight is 529 g/mol. The van der Waals surface area contributed by atoms with Gasteiger partial charge in [-0.15, -0.1) is 0 Å². The lowest BCUT2D eigenvalue weighted by atomic mass is 9.97. The molecule has 0 radical (unpaired) electrons. The Hall–Kier alpha value is -4.65. The smallest absolute Gasteiger partial charge is 0.318 e. The predicted molar refractivity (Wildman–Crippen MR) is 145 cm³/mol. The van der Waals surface area contributed by atoms with Crippen LogP contribution >= 0.6 is 0 Å². The molecule has 1 aliphatic rings. The third-order valence-corrected chi connectivity index (χ3v) is 6.94. The lowest BCUT2D eigenvalue weighted by Crippen LogP contribution is -2.55. The van der Waals surface area contributed by atoms with Crippen molar-refractivity contribution in [2.24, 2.45) is 0 Å². The van der Waals surface area contributed by atoms with Gasteiger partial charge in [-0.05, 0) is 29.3 Å². The summed E-state index contributed by atoms with van der Waals surface area (Å²) in [7, 11) is 1.41. The summed E-state index contributed by atoms with van der Waals surface area (Å²) in [4.78, 5) is 29.4. The average Bonchev–Trinajstić information content (AvgIpc) is 2.96. The molecule has 2 aromatic carbocycles. The summed E-state index contributed by atoms with van der Waals surface area (Å²) < 4.78 is 34.1. The SMILES string of the molecule is COc1nc(N2CCN(C(=O)/C=C/CF)[C@@H](CC#N)C2)c2cnc(-c3cccc4cccc(C)c34)c(F)c2n1. The molecule has 5 rings (SSSR count). The number of nitrogens with zero attached hydrogens (tertiary/aromatic N) is 6. The molecular formula is C29H26F2N6O2. The Morgan fingerprint density at radius 3 is 2.77 bits per heavy atom. The summed E-state index contributed by atoms with van der Waals surface area (Å²) in [5.74, 6) is -0.553. The number of carbonyl (C=O) groups excluding carboxylic acids is 1. The molecule has 198 valence electrons. The second kappa shape index (κ2) is 11.0. The van der Waals surface area contributed by atoms with Gasteiger partial charge in [0.25, 0.3) is 0 Å². The molecule has 1 atom stereocenters. The van der Waals surface area contributed by atoms with Gasteiger partial charge in [-0.2, -0.15) is 15.2 Å². The molecule has 0 saturated carbocycles. The van der Waals surface area contributed by atoms with E-state index in [2.05, 4.69) is 21.0 Å². The van der Waals surface area contributed by atoms with Crippen molar-refractivity contribution >= 4 is 33.4 Å². The van der Waals surface area contributed by atoms with Gasteiger partial charge in [-0.1, -0.05) is 36.4 Å². The van der Waals surface area contributed by atoms with E-state index in [0.717, 1.165) is 22.4 Å². The number of halogens is 2. The molecule has 1 saturated heterocycles. The number of methoxy groups -OCH3 is 1. The maximum atomic E-state index is 16.2. The third kappa shape index (κ3) is 4.83. The zero-order valence-corrected chi connectivity index (χ0v) is 21.6. The highest BCUT2D eigenvalue weighted by Gasteiger charge is 2.32. The van der Waals surface area contributed by atoms with Crippen LogP contribution in [0.3, 0.4) is 0 Å². The number of rotatable bonds is 6. The molecular weight excluding hydrogens is 502 g/mol. The van der Waals surface area contributed by atoms with Gasteiger partial charge in [0.2, 0.25) is 5.91 Å². The van der Waals surface area contributed by atoms with Crippen LogP contribution < -0.4 is 9.64 Å². The topological polar surface area (TPSA) is 95.2 Å². The number of hydrogen-bond donors (Lipinski definition) is 0. The minimum Gasteiger partial charge on any atom is -0.467 e. The highest BCUT2D eigenvalue weighted by atomic mass is 19.1. The fourth-order valence-electron chi connectivity index (χ4n) is 5.13. The van der Waals surface area contributed by atoms with Crippen LogP contribution in [-0.4, -0.2) is 65.2 Å². The third-order valence-electron chi connectivity index (χ3n) is 6.94. The Kier molecular flexibility index (Phi) is 7.32. The van der Waals surface area contributed by atoms with Crippen molar-refractivity contribution in [1.29, 1.82) is 5.26 Å². The van der Waals surface area contributed by atoms with Gasteiger partial charge in [0, 0.05) is 37.5 Å². The molecule has 10 heteroatoms. The first-order chi connectivity index (χ1) is 19.0. The highest BCUT2D eigenvalue weighted by molar-refractivity contribution is 6.00. The van der Waals surface area contributed by atoms with Crippen LogP contribution in [0.4, 0.5) is 14.6 Å². The summed E-state index contributed by atoms with van der Waals surface area (Å²) in [5, 5.41) is 11.7. The van der Waals surface area contributed by atoms with Crippen molar-refractivity contribution < 1.29 is 18.3 Å². The number of alkyl halides is 1. The summed E-state index contributed by atoms with van der Waals surface area (Å²) in [6.45, 7) is 2.13. The Morgan fingerprint density at radius 2 is 2.03 bits per heavy atom. The summed E-state index contributed by atoms with van der Waals surface area (Å²) in [6, 6.07) is 13.2. The van der Waals surface area contributed by atoms with E-state index in [1.807, 2.05) is 48.2 Å². The Balaban J connectivity index is 1.59. The Bertz CT molecular complexity index is 1630. The standard InChI is InChI=1S/C29H26F2N6O2/c1-18-6-3-7-19-8-4-9-21(24(18)19)26-25(31)27-22(16-33-26)28(35-29(34-27)39-2)36-14-15-37(20(17-36)11-13-32)23(38)10-5-12-30/h3-10,16,20H,11-12,14-15,17H2,1-2H3/b10-5+/t20-/m0/s1. The number of pyridine rings is 1. The number of amides is 1. The quantitative estimate of drug-likeness (QED) is 0.333. The summed E-state index contributed by atoms with van der Waals surface area (Å²) in [6.07, 6.45) is 3.95. The van der Waals surface area contributed by atoms with E-state index in [4.69, 9.17) is 4.74 Å². The number of fused-ring (bicyclic) bond motifs is 2. The normalized spacial score (nSPS) is 15.7. The molecule has 2 aromatic heterocycles. The first kappa shape index (κ1) is 26.0. The second-order valence-corrected chi connectivity index (χ2v) is 9.25.